The van der Waals surface area contributed by atoms with Gasteiger partial charge in [0.2, 0.25) is 0 Å². The van der Waals surface area contributed by atoms with E-state index in [1.165, 1.54) is 6.20 Å². The quantitative estimate of drug-likeness (QED) is 0.846. The molecule has 1 N–H and O–H groups in total. The van der Waals surface area contributed by atoms with Crippen LogP contribution in [-0.2, 0) is 10.0 Å². The average molecular weight is 406 g/mol. The second kappa shape index (κ2) is 5.60. The van der Waals surface area contributed by atoms with Gasteiger partial charge < -0.3 is 0 Å². The maximum atomic E-state index is 12.2. The van der Waals surface area contributed by atoms with Gasteiger partial charge in [0.1, 0.15) is 10.7 Å². The van der Waals surface area contributed by atoms with Crippen molar-refractivity contribution in [1.82, 2.24) is 4.98 Å². The van der Waals surface area contributed by atoms with Gasteiger partial charge in [0, 0.05) is 15.1 Å². The van der Waals surface area contributed by atoms with Gasteiger partial charge in [0.05, 0.1) is 0 Å². The first-order valence-corrected chi connectivity index (χ1v) is 8.36. The Morgan fingerprint density at radius 3 is 2.53 bits per heavy atom. The van der Waals surface area contributed by atoms with Gasteiger partial charge in [0.25, 0.3) is 10.0 Å². The van der Waals surface area contributed by atoms with Gasteiger partial charge in [-0.2, -0.15) is 0 Å². The fraction of sp³-hybridized carbons (Fsp3) is 0.0833. The molecule has 0 amide bonds. The maximum Gasteiger partial charge on any atom is 0.264 e. The lowest BCUT2D eigenvalue weighted by molar-refractivity contribution is 0.600. The lowest BCUT2D eigenvalue weighted by Crippen LogP contribution is -2.14. The molecule has 0 saturated carbocycles. The Hall–Kier alpha value is -0.920. The summed E-state index contributed by atoms with van der Waals surface area (Å²) in [5.74, 6) is 0.266. The number of aryl methyl sites for hydroxylation is 1. The fourth-order valence-electron chi connectivity index (χ4n) is 1.48. The summed E-state index contributed by atoms with van der Waals surface area (Å²) in [4.78, 5) is 4.14. The molecular formula is C12H10Br2N2O2S. The molecule has 100 valence electrons. The number of hydrogen-bond acceptors (Lipinski definition) is 3. The van der Waals surface area contributed by atoms with E-state index in [2.05, 4.69) is 41.6 Å². The van der Waals surface area contributed by atoms with Gasteiger partial charge in [0.15, 0.2) is 0 Å². The molecular weight excluding hydrogens is 396 g/mol. The van der Waals surface area contributed by atoms with E-state index in [4.69, 9.17) is 0 Å². The third-order valence-corrected chi connectivity index (χ3v) is 5.16. The average Bonchev–Trinajstić information content (AvgIpc) is 2.27. The molecule has 0 unspecified atom stereocenters. The molecule has 0 radical (unpaired) electrons. The molecule has 2 aromatic rings. The van der Waals surface area contributed by atoms with Gasteiger partial charge in [-0.25, -0.2) is 13.4 Å². The number of nitrogens with one attached hydrogen (secondary N) is 1. The van der Waals surface area contributed by atoms with Crippen LogP contribution in [0.3, 0.4) is 0 Å². The van der Waals surface area contributed by atoms with Crippen molar-refractivity contribution in [2.24, 2.45) is 0 Å². The smallest absolute Gasteiger partial charge is 0.263 e. The minimum atomic E-state index is -3.66. The van der Waals surface area contributed by atoms with E-state index in [1.807, 2.05) is 6.92 Å². The molecule has 1 aromatic carbocycles. The minimum absolute atomic E-state index is 0.180. The third kappa shape index (κ3) is 3.55. The van der Waals surface area contributed by atoms with Gasteiger partial charge in [-0.3, -0.25) is 4.72 Å². The molecule has 0 spiro atoms. The maximum absolute atomic E-state index is 12.2. The van der Waals surface area contributed by atoms with Crippen molar-refractivity contribution in [3.63, 3.8) is 0 Å². The zero-order valence-electron chi connectivity index (χ0n) is 9.89. The van der Waals surface area contributed by atoms with Crippen molar-refractivity contribution in [3.05, 3.63) is 51.0 Å². The molecule has 0 aliphatic heterocycles. The third-order valence-electron chi connectivity index (χ3n) is 2.34. The van der Waals surface area contributed by atoms with E-state index in [9.17, 15) is 8.42 Å². The lowest BCUT2D eigenvalue weighted by Gasteiger charge is -2.09. The number of halogens is 2. The van der Waals surface area contributed by atoms with Gasteiger partial charge in [-0.1, -0.05) is 22.0 Å². The van der Waals surface area contributed by atoms with E-state index < -0.39 is 10.0 Å². The Balaban J connectivity index is 2.38. The van der Waals surface area contributed by atoms with Crippen molar-refractivity contribution < 1.29 is 8.42 Å². The molecule has 0 bridgehead atoms. The summed E-state index contributed by atoms with van der Waals surface area (Å²) in [5, 5.41) is 0. The van der Waals surface area contributed by atoms with Crippen molar-refractivity contribution in [1.29, 1.82) is 0 Å². The predicted molar refractivity (Wildman–Crippen MR) is 81.6 cm³/mol. The highest BCUT2D eigenvalue weighted by atomic mass is 79.9. The first-order valence-electron chi connectivity index (χ1n) is 5.29. The van der Waals surface area contributed by atoms with Gasteiger partial charge >= 0.3 is 0 Å². The van der Waals surface area contributed by atoms with Gasteiger partial charge in [-0.15, -0.1) is 0 Å². The molecule has 1 heterocycles. The topological polar surface area (TPSA) is 59.1 Å². The van der Waals surface area contributed by atoms with Crippen LogP contribution in [0.5, 0.6) is 0 Å². The Morgan fingerprint density at radius 2 is 1.89 bits per heavy atom. The van der Waals surface area contributed by atoms with Crippen LogP contribution in [0.2, 0.25) is 0 Å². The summed E-state index contributed by atoms with van der Waals surface area (Å²) in [5.41, 5.74) is 0.978. The normalized spacial score (nSPS) is 11.3. The fourth-order valence-corrected chi connectivity index (χ4v) is 4.00. The Bertz CT molecular complexity index is 717. The van der Waals surface area contributed by atoms with Crippen LogP contribution in [0.4, 0.5) is 5.82 Å². The van der Waals surface area contributed by atoms with Crippen molar-refractivity contribution in [2.45, 2.75) is 11.8 Å². The Labute approximate surface area is 128 Å². The highest BCUT2D eigenvalue weighted by Gasteiger charge is 2.18. The molecule has 0 saturated heterocycles. The van der Waals surface area contributed by atoms with Crippen LogP contribution in [0.15, 0.2) is 50.4 Å². The van der Waals surface area contributed by atoms with Crippen LogP contribution in [0.25, 0.3) is 0 Å². The monoisotopic (exact) mass is 404 g/mol. The zero-order chi connectivity index (χ0) is 14.0. The Morgan fingerprint density at radius 1 is 1.16 bits per heavy atom. The standard InChI is InChI=1S/C12H10Br2N2O2S/c1-8-2-3-11(10(14)6-8)19(17,18)16-12-7-9(13)4-5-15-12/h2-7H,1H3,(H,15,16). The second-order valence-electron chi connectivity index (χ2n) is 3.90. The summed E-state index contributed by atoms with van der Waals surface area (Å²) in [6.07, 6.45) is 1.52. The minimum Gasteiger partial charge on any atom is -0.263 e. The van der Waals surface area contributed by atoms with E-state index >= 15 is 0 Å². The Kier molecular flexibility index (Phi) is 4.27. The number of pyridine rings is 1. The predicted octanol–water partition coefficient (Wildman–Crippen LogP) is 3.72. The lowest BCUT2D eigenvalue weighted by atomic mass is 10.2. The van der Waals surface area contributed by atoms with Crippen LogP contribution in [0.1, 0.15) is 5.56 Å². The van der Waals surface area contributed by atoms with E-state index in [1.54, 1.807) is 30.3 Å². The van der Waals surface area contributed by atoms with Crippen molar-refractivity contribution in [2.75, 3.05) is 4.72 Å². The van der Waals surface area contributed by atoms with E-state index in [0.29, 0.717) is 4.47 Å². The largest absolute Gasteiger partial charge is 0.264 e. The van der Waals surface area contributed by atoms with Crippen LogP contribution in [0, 0.1) is 6.92 Å². The number of nitrogens with zero attached hydrogens (tertiary/aromatic N) is 1. The molecule has 19 heavy (non-hydrogen) atoms. The molecule has 7 heteroatoms. The molecule has 4 nitrogen and oxygen atoms in total. The number of hydrogen-bond donors (Lipinski definition) is 1. The van der Waals surface area contributed by atoms with Crippen molar-refractivity contribution >= 4 is 47.7 Å². The van der Waals surface area contributed by atoms with Crippen LogP contribution >= 0.6 is 31.9 Å². The number of benzene rings is 1. The summed E-state index contributed by atoms with van der Waals surface area (Å²) in [6.45, 7) is 1.89. The van der Waals surface area contributed by atoms with Gasteiger partial charge in [-0.05, 0) is 52.7 Å². The van der Waals surface area contributed by atoms with Crippen molar-refractivity contribution in [3.8, 4) is 0 Å². The first-order chi connectivity index (χ1) is 8.88. The summed E-state index contributed by atoms with van der Waals surface area (Å²) >= 11 is 6.53. The summed E-state index contributed by atoms with van der Waals surface area (Å²) in [7, 11) is -3.66. The highest BCUT2D eigenvalue weighted by Crippen LogP contribution is 2.25. The number of sulfonamides is 1. The second-order valence-corrected chi connectivity index (χ2v) is 7.32. The summed E-state index contributed by atoms with van der Waals surface area (Å²) in [6, 6.07) is 8.37. The van der Waals surface area contributed by atoms with E-state index in [-0.39, 0.29) is 10.7 Å². The molecule has 1 aromatic heterocycles. The van der Waals surface area contributed by atoms with Crippen LogP contribution in [-0.4, -0.2) is 13.4 Å². The number of aromatic nitrogens is 1. The number of anilines is 1. The number of rotatable bonds is 3. The van der Waals surface area contributed by atoms with Crippen LogP contribution < -0.4 is 4.72 Å². The molecule has 2 rings (SSSR count). The molecule has 0 aliphatic carbocycles. The summed E-state index contributed by atoms with van der Waals surface area (Å²) < 4.78 is 28.2. The highest BCUT2D eigenvalue weighted by molar-refractivity contribution is 9.10. The van der Waals surface area contributed by atoms with E-state index in [0.717, 1.165) is 10.0 Å². The SMILES string of the molecule is Cc1ccc(S(=O)(=O)Nc2cc(Br)ccn2)c(Br)c1. The first kappa shape index (κ1) is 14.5. The molecule has 0 fully saturated rings. The molecule has 0 aliphatic rings. The molecule has 0 atom stereocenters. The zero-order valence-corrected chi connectivity index (χ0v) is 13.9.